The first-order chi connectivity index (χ1) is 7.72. The van der Waals surface area contributed by atoms with E-state index in [1.54, 1.807) is 11.3 Å². The van der Waals surface area contributed by atoms with Crippen molar-refractivity contribution in [1.82, 2.24) is 10.3 Å². The predicted molar refractivity (Wildman–Crippen MR) is 68.9 cm³/mol. The predicted octanol–water partition coefficient (Wildman–Crippen LogP) is 2.47. The first-order valence-corrected chi connectivity index (χ1v) is 6.76. The highest BCUT2D eigenvalue weighted by atomic mass is 32.1. The van der Waals surface area contributed by atoms with Crippen molar-refractivity contribution in [3.8, 4) is 0 Å². The molecule has 0 aliphatic rings. The highest BCUT2D eigenvalue weighted by Crippen LogP contribution is 2.13. The molecule has 1 heterocycles. The van der Waals surface area contributed by atoms with Crippen LogP contribution in [0.25, 0.3) is 0 Å². The summed E-state index contributed by atoms with van der Waals surface area (Å²) in [4.78, 5) is 5.70. The number of hydrogen-bond donors (Lipinski definition) is 1. The van der Waals surface area contributed by atoms with Gasteiger partial charge in [0, 0.05) is 30.6 Å². The monoisotopic (exact) mass is 242 g/mol. The lowest BCUT2D eigenvalue weighted by atomic mass is 10.2. The first kappa shape index (κ1) is 13.6. The zero-order valence-electron chi connectivity index (χ0n) is 10.5. The molecule has 1 N–H and O–H groups in total. The Balaban J connectivity index is 2.22. The van der Waals surface area contributed by atoms with Gasteiger partial charge in [0.05, 0.1) is 11.6 Å². The average Bonchev–Trinajstić information content (AvgIpc) is 2.66. The molecule has 0 bridgehead atoms. The zero-order valence-corrected chi connectivity index (χ0v) is 11.3. The highest BCUT2D eigenvalue weighted by Gasteiger charge is 2.02. The summed E-state index contributed by atoms with van der Waals surface area (Å²) < 4.78 is 5.31. The van der Waals surface area contributed by atoms with E-state index in [0.29, 0.717) is 5.92 Å². The fourth-order valence-electron chi connectivity index (χ4n) is 1.33. The van der Waals surface area contributed by atoms with Crippen molar-refractivity contribution >= 4 is 11.3 Å². The topological polar surface area (TPSA) is 34.1 Å². The lowest BCUT2D eigenvalue weighted by Crippen LogP contribution is -2.18. The van der Waals surface area contributed by atoms with Crippen LogP contribution in [-0.2, 0) is 17.7 Å². The van der Waals surface area contributed by atoms with Crippen LogP contribution in [0.3, 0.4) is 0 Å². The lowest BCUT2D eigenvalue weighted by molar-refractivity contribution is 0.151. The molecule has 1 aromatic rings. The van der Waals surface area contributed by atoms with Gasteiger partial charge < -0.3 is 10.1 Å². The number of ether oxygens (including phenoxy) is 1. The standard InChI is InChI=1S/C12H22N2OS/c1-4-15-6-5-12-14-9-11(16-12)8-13-7-10(2)3/h9-10,13H,4-8H2,1-3H3. The van der Waals surface area contributed by atoms with Gasteiger partial charge in [-0.2, -0.15) is 0 Å². The summed E-state index contributed by atoms with van der Waals surface area (Å²) in [6.07, 6.45) is 2.90. The van der Waals surface area contributed by atoms with Gasteiger partial charge in [0.1, 0.15) is 0 Å². The minimum absolute atomic E-state index is 0.699. The van der Waals surface area contributed by atoms with Gasteiger partial charge in [0.15, 0.2) is 0 Å². The van der Waals surface area contributed by atoms with Crippen LogP contribution in [0.15, 0.2) is 6.20 Å². The van der Waals surface area contributed by atoms with E-state index >= 15 is 0 Å². The fourth-order valence-corrected chi connectivity index (χ4v) is 2.21. The normalized spacial score (nSPS) is 11.2. The van der Waals surface area contributed by atoms with Crippen molar-refractivity contribution in [2.24, 2.45) is 5.92 Å². The Hall–Kier alpha value is -0.450. The number of hydrogen-bond acceptors (Lipinski definition) is 4. The second kappa shape index (κ2) is 7.76. The SMILES string of the molecule is CCOCCc1ncc(CNCC(C)C)s1. The van der Waals surface area contributed by atoms with E-state index in [9.17, 15) is 0 Å². The van der Waals surface area contributed by atoms with Crippen molar-refractivity contribution in [2.45, 2.75) is 33.7 Å². The molecule has 0 saturated carbocycles. The van der Waals surface area contributed by atoms with Gasteiger partial charge in [-0.1, -0.05) is 13.8 Å². The Labute approximate surface area is 102 Å². The summed E-state index contributed by atoms with van der Waals surface area (Å²) in [5.41, 5.74) is 0. The largest absolute Gasteiger partial charge is 0.381 e. The van der Waals surface area contributed by atoms with Crippen LogP contribution in [0.2, 0.25) is 0 Å². The highest BCUT2D eigenvalue weighted by molar-refractivity contribution is 7.11. The summed E-state index contributed by atoms with van der Waals surface area (Å²) in [6, 6.07) is 0. The molecule has 1 aromatic heterocycles. The molecule has 0 aliphatic heterocycles. The van der Waals surface area contributed by atoms with Crippen LogP contribution in [0.1, 0.15) is 30.7 Å². The third-order valence-electron chi connectivity index (χ3n) is 2.12. The Bertz CT molecular complexity index is 286. The van der Waals surface area contributed by atoms with Crippen LogP contribution < -0.4 is 5.32 Å². The summed E-state index contributed by atoms with van der Waals surface area (Å²) in [7, 11) is 0. The third-order valence-corrected chi connectivity index (χ3v) is 3.17. The molecule has 0 atom stereocenters. The van der Waals surface area contributed by atoms with E-state index in [1.165, 1.54) is 9.88 Å². The molecule has 92 valence electrons. The number of thiazole rings is 1. The molecule has 0 unspecified atom stereocenters. The van der Waals surface area contributed by atoms with Gasteiger partial charge in [0.25, 0.3) is 0 Å². The Morgan fingerprint density at radius 2 is 2.31 bits per heavy atom. The van der Waals surface area contributed by atoms with Crippen molar-refractivity contribution in [2.75, 3.05) is 19.8 Å². The minimum atomic E-state index is 0.699. The van der Waals surface area contributed by atoms with Crippen LogP contribution in [0.4, 0.5) is 0 Å². The van der Waals surface area contributed by atoms with Crippen molar-refractivity contribution < 1.29 is 4.74 Å². The molecule has 0 saturated heterocycles. The summed E-state index contributed by atoms with van der Waals surface area (Å²) in [5, 5.41) is 4.60. The van der Waals surface area contributed by atoms with Crippen molar-refractivity contribution in [1.29, 1.82) is 0 Å². The summed E-state index contributed by atoms with van der Waals surface area (Å²) in [5.74, 6) is 0.699. The van der Waals surface area contributed by atoms with Crippen LogP contribution in [0.5, 0.6) is 0 Å². The Morgan fingerprint density at radius 3 is 3.00 bits per heavy atom. The van der Waals surface area contributed by atoms with Crippen LogP contribution in [0, 0.1) is 5.92 Å². The molecule has 0 aromatic carbocycles. The summed E-state index contributed by atoms with van der Waals surface area (Å²) in [6.45, 7) is 10.0. The van der Waals surface area contributed by atoms with Crippen molar-refractivity contribution in [3.63, 3.8) is 0 Å². The molecule has 1 rings (SSSR count). The minimum Gasteiger partial charge on any atom is -0.381 e. The maximum atomic E-state index is 5.31. The van der Waals surface area contributed by atoms with Gasteiger partial charge >= 0.3 is 0 Å². The van der Waals surface area contributed by atoms with E-state index in [-0.39, 0.29) is 0 Å². The van der Waals surface area contributed by atoms with Crippen LogP contribution in [-0.4, -0.2) is 24.7 Å². The Kier molecular flexibility index (Phi) is 6.61. The smallest absolute Gasteiger partial charge is 0.0951 e. The van der Waals surface area contributed by atoms with Gasteiger partial charge in [-0.3, -0.25) is 0 Å². The average molecular weight is 242 g/mol. The van der Waals surface area contributed by atoms with E-state index in [0.717, 1.165) is 32.7 Å². The molecular formula is C12H22N2OS. The Morgan fingerprint density at radius 1 is 1.50 bits per heavy atom. The zero-order chi connectivity index (χ0) is 11.8. The second-order valence-electron chi connectivity index (χ2n) is 4.19. The third kappa shape index (κ3) is 5.58. The van der Waals surface area contributed by atoms with Gasteiger partial charge in [-0.25, -0.2) is 4.98 Å². The number of aromatic nitrogens is 1. The van der Waals surface area contributed by atoms with E-state index in [4.69, 9.17) is 4.74 Å². The molecule has 0 radical (unpaired) electrons. The van der Waals surface area contributed by atoms with Crippen LogP contribution >= 0.6 is 11.3 Å². The maximum absolute atomic E-state index is 5.31. The number of nitrogens with one attached hydrogen (secondary N) is 1. The van der Waals surface area contributed by atoms with E-state index in [1.807, 2.05) is 13.1 Å². The number of nitrogens with zero attached hydrogens (tertiary/aromatic N) is 1. The van der Waals surface area contributed by atoms with Gasteiger partial charge in [0.2, 0.25) is 0 Å². The van der Waals surface area contributed by atoms with E-state index in [2.05, 4.69) is 24.1 Å². The molecule has 0 spiro atoms. The molecule has 0 amide bonds. The van der Waals surface area contributed by atoms with Gasteiger partial charge in [-0.05, 0) is 19.4 Å². The summed E-state index contributed by atoms with van der Waals surface area (Å²) >= 11 is 1.78. The first-order valence-electron chi connectivity index (χ1n) is 5.94. The van der Waals surface area contributed by atoms with E-state index < -0.39 is 0 Å². The molecule has 0 fully saturated rings. The quantitative estimate of drug-likeness (QED) is 0.711. The second-order valence-corrected chi connectivity index (χ2v) is 5.39. The van der Waals surface area contributed by atoms with Crippen molar-refractivity contribution in [3.05, 3.63) is 16.1 Å². The lowest BCUT2D eigenvalue weighted by Gasteiger charge is -2.04. The maximum Gasteiger partial charge on any atom is 0.0951 e. The van der Waals surface area contributed by atoms with Gasteiger partial charge in [-0.15, -0.1) is 11.3 Å². The molecule has 3 nitrogen and oxygen atoms in total. The number of rotatable bonds is 8. The molecule has 4 heteroatoms. The fraction of sp³-hybridized carbons (Fsp3) is 0.750. The molecule has 0 aliphatic carbocycles. The molecule has 16 heavy (non-hydrogen) atoms. The molecular weight excluding hydrogens is 220 g/mol.